The molecule has 0 unspecified atom stereocenters. The second-order valence-corrected chi connectivity index (χ2v) is 3.81. The van der Waals surface area contributed by atoms with Crippen molar-refractivity contribution in [3.63, 3.8) is 0 Å². The summed E-state index contributed by atoms with van der Waals surface area (Å²) >= 11 is 0. The lowest BCUT2D eigenvalue weighted by atomic mass is 10.1. The Hall–Kier alpha value is -1.92. The van der Waals surface area contributed by atoms with Crippen LogP contribution in [0.1, 0.15) is 26.3 Å². The predicted octanol–water partition coefficient (Wildman–Crippen LogP) is 0.293. The first-order chi connectivity index (χ1) is 9.08. The maximum atomic E-state index is 11.6. The summed E-state index contributed by atoms with van der Waals surface area (Å²) in [6.45, 7) is 1.01. The monoisotopic (exact) mass is 268 g/mol. The van der Waals surface area contributed by atoms with E-state index in [4.69, 9.17) is 19.7 Å². The zero-order valence-corrected chi connectivity index (χ0v) is 10.6. The number of benzene rings is 1. The van der Waals surface area contributed by atoms with Crippen molar-refractivity contribution in [3.8, 4) is 0 Å². The fourth-order valence-electron chi connectivity index (χ4n) is 1.46. The van der Waals surface area contributed by atoms with E-state index < -0.39 is 11.9 Å². The molecule has 1 aromatic carbocycles. The van der Waals surface area contributed by atoms with Gasteiger partial charge in [0.05, 0.1) is 24.3 Å². The molecule has 1 aromatic rings. The minimum absolute atomic E-state index is 0.100. The Morgan fingerprint density at radius 1 is 0.947 bits per heavy atom. The maximum absolute atomic E-state index is 11.6. The predicted molar refractivity (Wildman–Crippen MR) is 65.9 cm³/mol. The zero-order chi connectivity index (χ0) is 14.3. The molecule has 104 valence electrons. The lowest BCUT2D eigenvalue weighted by Crippen LogP contribution is -2.12. The van der Waals surface area contributed by atoms with Crippen LogP contribution in [-0.4, -0.2) is 48.6 Å². The molecule has 0 aromatic heterocycles. The number of carbonyl (C=O) groups excluding carboxylic acids is 2. The molecule has 0 aliphatic heterocycles. The number of aryl methyl sites for hydroxylation is 1. The van der Waals surface area contributed by atoms with E-state index >= 15 is 0 Å². The van der Waals surface area contributed by atoms with Crippen molar-refractivity contribution in [2.75, 3.05) is 26.4 Å². The molecule has 0 fully saturated rings. The topological polar surface area (TPSA) is 93.1 Å². The highest BCUT2D eigenvalue weighted by atomic mass is 16.5. The van der Waals surface area contributed by atoms with Gasteiger partial charge in [0.15, 0.2) is 0 Å². The van der Waals surface area contributed by atoms with E-state index in [9.17, 15) is 9.59 Å². The molecule has 2 N–H and O–H groups in total. The summed E-state index contributed by atoms with van der Waals surface area (Å²) in [5.74, 6) is -1.23. The van der Waals surface area contributed by atoms with Crippen LogP contribution in [0.5, 0.6) is 0 Å². The molecule has 0 atom stereocenters. The number of carbonyl (C=O) groups is 2. The smallest absolute Gasteiger partial charge is 0.338 e. The Morgan fingerprint density at radius 2 is 1.37 bits per heavy atom. The lowest BCUT2D eigenvalue weighted by molar-refractivity contribution is 0.0430. The lowest BCUT2D eigenvalue weighted by Gasteiger charge is -2.07. The molecule has 0 amide bonds. The summed E-state index contributed by atoms with van der Waals surface area (Å²) in [4.78, 5) is 23.2. The first-order valence-electron chi connectivity index (χ1n) is 5.76. The summed E-state index contributed by atoms with van der Waals surface area (Å²) in [6.07, 6.45) is 0. The number of aliphatic hydroxyl groups is 2. The number of esters is 2. The Bertz CT molecular complexity index is 416. The normalized spacial score (nSPS) is 10.1. The third kappa shape index (κ3) is 4.69. The van der Waals surface area contributed by atoms with Crippen LogP contribution < -0.4 is 0 Å². The molecule has 0 bridgehead atoms. The van der Waals surface area contributed by atoms with E-state index in [0.29, 0.717) is 5.56 Å². The van der Waals surface area contributed by atoms with E-state index in [-0.39, 0.29) is 37.6 Å². The fourth-order valence-corrected chi connectivity index (χ4v) is 1.46. The first-order valence-corrected chi connectivity index (χ1v) is 5.76. The highest BCUT2D eigenvalue weighted by Gasteiger charge is 2.13. The zero-order valence-electron chi connectivity index (χ0n) is 10.6. The van der Waals surface area contributed by atoms with Gasteiger partial charge in [-0.3, -0.25) is 0 Å². The molecule has 6 nitrogen and oxygen atoms in total. The Balaban J connectivity index is 2.87. The van der Waals surface area contributed by atoms with Crippen LogP contribution in [0.4, 0.5) is 0 Å². The van der Waals surface area contributed by atoms with Crippen LogP contribution in [0.25, 0.3) is 0 Å². The molecule has 0 heterocycles. The van der Waals surface area contributed by atoms with E-state index in [1.165, 1.54) is 6.07 Å². The van der Waals surface area contributed by atoms with Crippen molar-refractivity contribution in [2.24, 2.45) is 0 Å². The van der Waals surface area contributed by atoms with Crippen LogP contribution in [-0.2, 0) is 9.47 Å². The van der Waals surface area contributed by atoms with Gasteiger partial charge in [-0.25, -0.2) is 9.59 Å². The largest absolute Gasteiger partial charge is 0.460 e. The van der Waals surface area contributed by atoms with Gasteiger partial charge in [0.2, 0.25) is 0 Å². The number of hydrogen-bond donors (Lipinski definition) is 2. The number of hydrogen-bond acceptors (Lipinski definition) is 6. The third-order valence-electron chi connectivity index (χ3n) is 2.20. The van der Waals surface area contributed by atoms with E-state index in [2.05, 4.69) is 0 Å². The summed E-state index contributed by atoms with van der Waals surface area (Å²) in [5, 5.41) is 17.2. The minimum Gasteiger partial charge on any atom is -0.460 e. The van der Waals surface area contributed by atoms with E-state index in [0.717, 1.165) is 0 Å². The summed E-state index contributed by atoms with van der Waals surface area (Å²) in [7, 11) is 0. The molecular weight excluding hydrogens is 252 g/mol. The van der Waals surface area contributed by atoms with Crippen molar-refractivity contribution >= 4 is 11.9 Å². The van der Waals surface area contributed by atoms with Crippen LogP contribution >= 0.6 is 0 Å². The molecular formula is C13H16O6. The summed E-state index contributed by atoms with van der Waals surface area (Å²) in [5.41, 5.74) is 1.13. The van der Waals surface area contributed by atoms with Gasteiger partial charge in [0.1, 0.15) is 13.2 Å². The Morgan fingerprint density at radius 3 is 1.74 bits per heavy atom. The highest BCUT2D eigenvalue weighted by molar-refractivity contribution is 5.95. The second kappa shape index (κ2) is 7.50. The second-order valence-electron chi connectivity index (χ2n) is 3.81. The average Bonchev–Trinajstić information content (AvgIpc) is 2.41. The van der Waals surface area contributed by atoms with Gasteiger partial charge in [-0.1, -0.05) is 0 Å². The van der Waals surface area contributed by atoms with Crippen LogP contribution in [0.3, 0.4) is 0 Å². The van der Waals surface area contributed by atoms with Gasteiger partial charge in [-0.2, -0.15) is 0 Å². The van der Waals surface area contributed by atoms with Crippen LogP contribution in [0.2, 0.25) is 0 Å². The van der Waals surface area contributed by atoms with Gasteiger partial charge >= 0.3 is 11.9 Å². The molecule has 6 heteroatoms. The van der Waals surface area contributed by atoms with Crippen LogP contribution in [0.15, 0.2) is 18.2 Å². The van der Waals surface area contributed by atoms with E-state index in [1.807, 2.05) is 0 Å². The van der Waals surface area contributed by atoms with Gasteiger partial charge in [0.25, 0.3) is 0 Å². The molecule has 0 radical (unpaired) electrons. The maximum Gasteiger partial charge on any atom is 0.338 e. The van der Waals surface area contributed by atoms with Crippen molar-refractivity contribution < 1.29 is 29.3 Å². The van der Waals surface area contributed by atoms with Gasteiger partial charge < -0.3 is 19.7 Å². The van der Waals surface area contributed by atoms with Crippen molar-refractivity contribution in [2.45, 2.75) is 6.92 Å². The SMILES string of the molecule is Cc1cc(C(=O)OCCO)cc(C(=O)OCCO)c1. The quantitative estimate of drug-likeness (QED) is 0.720. The van der Waals surface area contributed by atoms with Crippen molar-refractivity contribution in [1.82, 2.24) is 0 Å². The van der Waals surface area contributed by atoms with Gasteiger partial charge in [-0.05, 0) is 30.7 Å². The molecule has 19 heavy (non-hydrogen) atoms. The molecule has 1 rings (SSSR count). The Labute approximate surface area is 110 Å². The molecule has 0 saturated carbocycles. The van der Waals surface area contributed by atoms with Crippen LogP contribution in [0, 0.1) is 6.92 Å². The fraction of sp³-hybridized carbons (Fsp3) is 0.385. The number of aliphatic hydroxyl groups excluding tert-OH is 2. The Kier molecular flexibility index (Phi) is 5.98. The molecule has 0 saturated heterocycles. The highest BCUT2D eigenvalue weighted by Crippen LogP contribution is 2.12. The molecule has 0 aliphatic carbocycles. The summed E-state index contributed by atoms with van der Waals surface area (Å²) < 4.78 is 9.53. The average molecular weight is 268 g/mol. The number of rotatable bonds is 6. The standard InChI is InChI=1S/C13H16O6/c1-9-6-10(12(16)18-4-2-14)8-11(7-9)13(17)19-5-3-15/h6-8,14-15H,2-5H2,1H3. The minimum atomic E-state index is -0.617. The van der Waals surface area contributed by atoms with Crippen molar-refractivity contribution in [3.05, 3.63) is 34.9 Å². The van der Waals surface area contributed by atoms with E-state index in [1.54, 1.807) is 19.1 Å². The van der Waals surface area contributed by atoms with Gasteiger partial charge in [-0.15, -0.1) is 0 Å². The molecule has 0 aliphatic rings. The third-order valence-corrected chi connectivity index (χ3v) is 2.20. The first kappa shape index (κ1) is 15.1. The molecule has 0 spiro atoms. The van der Waals surface area contributed by atoms with Gasteiger partial charge in [0, 0.05) is 0 Å². The van der Waals surface area contributed by atoms with Crippen molar-refractivity contribution in [1.29, 1.82) is 0 Å². The summed E-state index contributed by atoms with van der Waals surface area (Å²) in [6, 6.07) is 4.50. The number of ether oxygens (including phenoxy) is 2.